The summed E-state index contributed by atoms with van der Waals surface area (Å²) < 4.78 is 5.35. The van der Waals surface area contributed by atoms with Crippen LogP contribution in [0.3, 0.4) is 0 Å². The monoisotopic (exact) mass is 227 g/mol. The highest BCUT2D eigenvalue weighted by Gasteiger charge is 2.30. The van der Waals surface area contributed by atoms with Crippen molar-refractivity contribution < 1.29 is 19.4 Å². The van der Waals surface area contributed by atoms with Crippen molar-refractivity contribution in [1.29, 1.82) is 0 Å². The molecule has 0 spiro atoms. The van der Waals surface area contributed by atoms with E-state index in [0.717, 1.165) is 6.42 Å². The lowest BCUT2D eigenvalue weighted by Crippen LogP contribution is -2.45. The molecule has 5 heteroatoms. The summed E-state index contributed by atoms with van der Waals surface area (Å²) in [6.45, 7) is 5.35. The molecule has 0 bridgehead atoms. The Labute approximate surface area is 94.5 Å². The molecule has 2 N–H and O–H groups in total. The average molecular weight is 227 g/mol. The van der Waals surface area contributed by atoms with Gasteiger partial charge in [0, 0.05) is 0 Å². The van der Waals surface area contributed by atoms with E-state index in [1.807, 2.05) is 6.92 Å². The lowest BCUT2D eigenvalue weighted by molar-refractivity contribution is -0.143. The molecule has 1 saturated heterocycles. The van der Waals surface area contributed by atoms with Crippen LogP contribution in [-0.4, -0.2) is 35.2 Å². The summed E-state index contributed by atoms with van der Waals surface area (Å²) >= 11 is 0. The van der Waals surface area contributed by atoms with Gasteiger partial charge in [0.15, 0.2) is 0 Å². The standard InChI is InChI=1S/C11H17NO4/c1-3-4-8(11(14)15)12-10(13)9-6-5-7(2)16-9/h3,7-9H,1,4-6H2,2H3,(H,12,13)(H,14,15). The fraction of sp³-hybridized carbons (Fsp3) is 0.636. The first-order chi connectivity index (χ1) is 7.54. The lowest BCUT2D eigenvalue weighted by Gasteiger charge is -2.16. The number of carboxylic acid groups (broad SMARTS) is 1. The van der Waals surface area contributed by atoms with Crippen LogP contribution in [0.2, 0.25) is 0 Å². The molecule has 1 rings (SSSR count). The normalized spacial score (nSPS) is 26.1. The second-order valence-electron chi connectivity index (χ2n) is 3.94. The van der Waals surface area contributed by atoms with E-state index in [9.17, 15) is 9.59 Å². The number of carbonyl (C=O) groups is 2. The summed E-state index contributed by atoms with van der Waals surface area (Å²) in [6, 6.07) is -0.912. The molecule has 16 heavy (non-hydrogen) atoms. The van der Waals surface area contributed by atoms with Crippen molar-refractivity contribution in [3.8, 4) is 0 Å². The largest absolute Gasteiger partial charge is 0.480 e. The number of ether oxygens (including phenoxy) is 1. The molecule has 3 atom stereocenters. The van der Waals surface area contributed by atoms with Gasteiger partial charge in [-0.15, -0.1) is 6.58 Å². The van der Waals surface area contributed by atoms with E-state index < -0.39 is 18.1 Å². The number of nitrogens with one attached hydrogen (secondary N) is 1. The summed E-state index contributed by atoms with van der Waals surface area (Å²) in [7, 11) is 0. The van der Waals surface area contributed by atoms with E-state index in [-0.39, 0.29) is 18.4 Å². The van der Waals surface area contributed by atoms with Gasteiger partial charge in [0.2, 0.25) is 5.91 Å². The molecule has 1 aliphatic heterocycles. The Morgan fingerprint density at radius 1 is 1.62 bits per heavy atom. The second-order valence-corrected chi connectivity index (χ2v) is 3.94. The zero-order valence-corrected chi connectivity index (χ0v) is 9.31. The molecule has 0 aromatic heterocycles. The highest BCUT2D eigenvalue weighted by atomic mass is 16.5. The minimum Gasteiger partial charge on any atom is -0.480 e. The van der Waals surface area contributed by atoms with Crippen LogP contribution in [0, 0.1) is 0 Å². The molecule has 0 aliphatic carbocycles. The van der Waals surface area contributed by atoms with Gasteiger partial charge in [-0.3, -0.25) is 4.79 Å². The van der Waals surface area contributed by atoms with E-state index >= 15 is 0 Å². The van der Waals surface area contributed by atoms with Crippen molar-refractivity contribution in [3.63, 3.8) is 0 Å². The molecule has 1 amide bonds. The Morgan fingerprint density at radius 3 is 2.75 bits per heavy atom. The Hall–Kier alpha value is -1.36. The third-order valence-electron chi connectivity index (χ3n) is 2.54. The molecule has 90 valence electrons. The number of hydrogen-bond donors (Lipinski definition) is 2. The summed E-state index contributed by atoms with van der Waals surface area (Å²) in [5, 5.41) is 11.3. The van der Waals surface area contributed by atoms with Gasteiger partial charge >= 0.3 is 5.97 Å². The molecule has 1 heterocycles. The van der Waals surface area contributed by atoms with Crippen LogP contribution in [0.15, 0.2) is 12.7 Å². The molecule has 0 aromatic carbocycles. The van der Waals surface area contributed by atoms with Crippen molar-refractivity contribution in [2.24, 2.45) is 0 Å². The van der Waals surface area contributed by atoms with Crippen LogP contribution in [0.1, 0.15) is 26.2 Å². The lowest BCUT2D eigenvalue weighted by atomic mass is 10.1. The van der Waals surface area contributed by atoms with Crippen LogP contribution in [0.5, 0.6) is 0 Å². The first kappa shape index (κ1) is 12.7. The highest BCUT2D eigenvalue weighted by Crippen LogP contribution is 2.19. The molecule has 0 aromatic rings. The summed E-state index contributed by atoms with van der Waals surface area (Å²) in [4.78, 5) is 22.4. The first-order valence-electron chi connectivity index (χ1n) is 5.34. The minimum absolute atomic E-state index is 0.0680. The number of carboxylic acids is 1. The topological polar surface area (TPSA) is 75.6 Å². The molecule has 1 aliphatic rings. The fourth-order valence-corrected chi connectivity index (χ4v) is 1.65. The Balaban J connectivity index is 2.48. The molecule has 3 unspecified atom stereocenters. The van der Waals surface area contributed by atoms with E-state index in [4.69, 9.17) is 9.84 Å². The molecule has 1 fully saturated rings. The van der Waals surface area contributed by atoms with E-state index in [1.165, 1.54) is 6.08 Å². The predicted octanol–water partition coefficient (Wildman–Crippen LogP) is 0.699. The minimum atomic E-state index is -1.06. The number of rotatable bonds is 5. The van der Waals surface area contributed by atoms with Gasteiger partial charge in [-0.25, -0.2) is 4.79 Å². The summed E-state index contributed by atoms with van der Waals surface area (Å²) in [5.74, 6) is -1.40. The molecule has 0 radical (unpaired) electrons. The predicted molar refractivity (Wildman–Crippen MR) is 57.9 cm³/mol. The quantitative estimate of drug-likeness (QED) is 0.678. The third kappa shape index (κ3) is 3.34. The molecular formula is C11H17NO4. The van der Waals surface area contributed by atoms with Crippen LogP contribution in [-0.2, 0) is 14.3 Å². The van der Waals surface area contributed by atoms with Gasteiger partial charge in [-0.2, -0.15) is 0 Å². The fourth-order valence-electron chi connectivity index (χ4n) is 1.65. The summed E-state index contributed by atoms with van der Waals surface area (Å²) in [6.07, 6.45) is 2.71. The number of amides is 1. The van der Waals surface area contributed by atoms with E-state index in [0.29, 0.717) is 6.42 Å². The summed E-state index contributed by atoms with van der Waals surface area (Å²) in [5.41, 5.74) is 0. The van der Waals surface area contributed by atoms with Gasteiger partial charge in [0.05, 0.1) is 6.10 Å². The van der Waals surface area contributed by atoms with Gasteiger partial charge in [-0.1, -0.05) is 6.08 Å². The van der Waals surface area contributed by atoms with Crippen LogP contribution in [0.25, 0.3) is 0 Å². The number of carbonyl (C=O) groups excluding carboxylic acids is 1. The SMILES string of the molecule is C=CCC(NC(=O)C1CCC(C)O1)C(=O)O. The van der Waals surface area contributed by atoms with Gasteiger partial charge in [0.25, 0.3) is 0 Å². The van der Waals surface area contributed by atoms with Crippen molar-refractivity contribution in [1.82, 2.24) is 5.32 Å². The highest BCUT2D eigenvalue weighted by molar-refractivity contribution is 5.86. The molecular weight excluding hydrogens is 210 g/mol. The smallest absolute Gasteiger partial charge is 0.326 e. The zero-order valence-electron chi connectivity index (χ0n) is 9.31. The van der Waals surface area contributed by atoms with E-state index in [1.54, 1.807) is 0 Å². The number of hydrogen-bond acceptors (Lipinski definition) is 3. The molecule has 5 nitrogen and oxygen atoms in total. The van der Waals surface area contributed by atoms with Gasteiger partial charge in [0.1, 0.15) is 12.1 Å². The maximum absolute atomic E-state index is 11.6. The maximum atomic E-state index is 11.6. The second kappa shape index (κ2) is 5.65. The van der Waals surface area contributed by atoms with Crippen molar-refractivity contribution >= 4 is 11.9 Å². The van der Waals surface area contributed by atoms with Crippen molar-refractivity contribution in [3.05, 3.63) is 12.7 Å². The molecule has 0 saturated carbocycles. The zero-order chi connectivity index (χ0) is 12.1. The van der Waals surface area contributed by atoms with Gasteiger partial charge < -0.3 is 15.2 Å². The Kier molecular flexibility index (Phi) is 4.49. The number of aliphatic carboxylic acids is 1. The van der Waals surface area contributed by atoms with Crippen molar-refractivity contribution in [2.45, 2.75) is 44.4 Å². The Morgan fingerprint density at radius 2 is 2.31 bits per heavy atom. The van der Waals surface area contributed by atoms with Crippen LogP contribution >= 0.6 is 0 Å². The maximum Gasteiger partial charge on any atom is 0.326 e. The Bertz CT molecular complexity index is 290. The van der Waals surface area contributed by atoms with Crippen LogP contribution in [0.4, 0.5) is 0 Å². The van der Waals surface area contributed by atoms with E-state index in [2.05, 4.69) is 11.9 Å². The van der Waals surface area contributed by atoms with Crippen molar-refractivity contribution in [2.75, 3.05) is 0 Å². The van der Waals surface area contributed by atoms with Crippen LogP contribution < -0.4 is 5.32 Å². The third-order valence-corrected chi connectivity index (χ3v) is 2.54. The van der Waals surface area contributed by atoms with Gasteiger partial charge in [-0.05, 0) is 26.2 Å². The average Bonchev–Trinajstić information content (AvgIpc) is 2.64. The first-order valence-corrected chi connectivity index (χ1v) is 5.34.